The van der Waals surface area contributed by atoms with Crippen LogP contribution < -0.4 is 10.3 Å². The molecule has 0 aliphatic heterocycles. The van der Waals surface area contributed by atoms with Crippen molar-refractivity contribution in [2.24, 2.45) is 0 Å². The first-order valence-electron chi connectivity index (χ1n) is 8.38. The number of aromatic amines is 1. The van der Waals surface area contributed by atoms with Crippen molar-refractivity contribution in [3.63, 3.8) is 0 Å². The van der Waals surface area contributed by atoms with Gasteiger partial charge in [-0.1, -0.05) is 18.2 Å². The van der Waals surface area contributed by atoms with E-state index in [0.29, 0.717) is 16.8 Å². The fraction of sp³-hybridized carbons (Fsp3) is 0.263. The van der Waals surface area contributed by atoms with Crippen LogP contribution in [0.3, 0.4) is 0 Å². The van der Waals surface area contributed by atoms with Gasteiger partial charge in [-0.15, -0.1) is 11.3 Å². The van der Waals surface area contributed by atoms with Gasteiger partial charge in [-0.3, -0.25) is 4.79 Å². The normalized spacial score (nSPS) is 14.3. The van der Waals surface area contributed by atoms with Crippen LogP contribution in [0.2, 0.25) is 0 Å². The summed E-state index contributed by atoms with van der Waals surface area (Å²) in [5, 5.41) is 0.697. The van der Waals surface area contributed by atoms with Crippen LogP contribution in [0, 0.1) is 0 Å². The number of hydrogen-bond donors (Lipinski definition) is 1. The summed E-state index contributed by atoms with van der Waals surface area (Å²) in [5.74, 6) is 0.474. The largest absolute Gasteiger partial charge is 0.434 e. The number of ether oxygens (including phenoxy) is 1. The molecule has 134 valence electrons. The van der Waals surface area contributed by atoms with E-state index < -0.39 is 6.61 Å². The van der Waals surface area contributed by atoms with Gasteiger partial charge in [0.15, 0.2) is 0 Å². The molecule has 0 atom stereocenters. The van der Waals surface area contributed by atoms with E-state index in [1.54, 1.807) is 41.7 Å². The molecule has 7 heteroatoms. The fourth-order valence-electron chi connectivity index (χ4n) is 3.25. The number of rotatable bonds is 4. The molecule has 2 aromatic heterocycles. The van der Waals surface area contributed by atoms with Crippen LogP contribution in [0.4, 0.5) is 8.78 Å². The molecule has 0 amide bonds. The van der Waals surface area contributed by atoms with Crippen LogP contribution in [-0.4, -0.2) is 16.6 Å². The van der Waals surface area contributed by atoms with Gasteiger partial charge in [0.1, 0.15) is 16.4 Å². The molecule has 2 heterocycles. The summed E-state index contributed by atoms with van der Waals surface area (Å²) in [4.78, 5) is 21.8. The summed E-state index contributed by atoms with van der Waals surface area (Å²) in [7, 11) is 0. The van der Waals surface area contributed by atoms with E-state index in [4.69, 9.17) is 0 Å². The molecule has 0 saturated heterocycles. The Balaban J connectivity index is 1.70. The fourth-order valence-corrected chi connectivity index (χ4v) is 4.52. The third kappa shape index (κ3) is 3.26. The summed E-state index contributed by atoms with van der Waals surface area (Å²) in [6, 6.07) is 6.48. The lowest BCUT2D eigenvalue weighted by molar-refractivity contribution is -0.0499. The number of aromatic nitrogens is 2. The highest BCUT2D eigenvalue weighted by Gasteiger charge is 2.19. The van der Waals surface area contributed by atoms with E-state index in [9.17, 15) is 13.6 Å². The summed E-state index contributed by atoms with van der Waals surface area (Å²) in [6.07, 6.45) is 7.38. The Morgan fingerprint density at radius 1 is 1.19 bits per heavy atom. The molecule has 4 rings (SSSR count). The minimum absolute atomic E-state index is 0.0776. The number of alkyl halides is 2. The molecule has 0 bridgehead atoms. The minimum atomic E-state index is -2.89. The maximum absolute atomic E-state index is 12.5. The number of nitrogens with one attached hydrogen (secondary N) is 1. The number of aryl methyl sites for hydroxylation is 2. The van der Waals surface area contributed by atoms with E-state index in [1.807, 2.05) is 0 Å². The lowest BCUT2D eigenvalue weighted by atomic mass is 9.97. The predicted molar refractivity (Wildman–Crippen MR) is 98.9 cm³/mol. The number of para-hydroxylation sites is 1. The lowest BCUT2D eigenvalue weighted by Crippen LogP contribution is -2.11. The number of nitrogens with zero attached hydrogens (tertiary/aromatic N) is 1. The maximum atomic E-state index is 12.5. The second-order valence-corrected chi connectivity index (χ2v) is 7.18. The summed E-state index contributed by atoms with van der Waals surface area (Å²) >= 11 is 1.57. The van der Waals surface area contributed by atoms with Crippen LogP contribution in [0.25, 0.3) is 22.4 Å². The smallest absolute Gasteiger partial charge is 0.387 e. The third-order valence-electron chi connectivity index (χ3n) is 4.40. The van der Waals surface area contributed by atoms with Gasteiger partial charge in [0.25, 0.3) is 5.56 Å². The van der Waals surface area contributed by atoms with E-state index >= 15 is 0 Å². The maximum Gasteiger partial charge on any atom is 0.387 e. The number of fused-ring (bicyclic) bond motifs is 3. The van der Waals surface area contributed by atoms with Gasteiger partial charge in [0.05, 0.1) is 5.39 Å². The van der Waals surface area contributed by atoms with Crippen LogP contribution in [0.15, 0.2) is 29.1 Å². The molecular formula is C19H16F2N2O2S. The molecule has 0 unspecified atom stereocenters. The first-order chi connectivity index (χ1) is 12.6. The highest BCUT2D eigenvalue weighted by atomic mass is 32.1. The molecule has 1 aliphatic carbocycles. The van der Waals surface area contributed by atoms with Gasteiger partial charge in [0.2, 0.25) is 0 Å². The van der Waals surface area contributed by atoms with Gasteiger partial charge in [0, 0.05) is 10.4 Å². The number of H-pyrrole nitrogens is 1. The summed E-state index contributed by atoms with van der Waals surface area (Å²) in [6.45, 7) is -2.89. The zero-order valence-corrected chi connectivity index (χ0v) is 14.6. The molecule has 3 aromatic rings. The Kier molecular flexibility index (Phi) is 4.55. The number of thiophene rings is 1. The first kappa shape index (κ1) is 16.9. The van der Waals surface area contributed by atoms with Crippen LogP contribution in [0.1, 0.15) is 34.7 Å². The van der Waals surface area contributed by atoms with E-state index in [2.05, 4.69) is 14.7 Å². The van der Waals surface area contributed by atoms with Gasteiger partial charge in [-0.05, 0) is 49.5 Å². The molecule has 0 radical (unpaired) electrons. The molecule has 1 N–H and O–H groups in total. The van der Waals surface area contributed by atoms with Crippen molar-refractivity contribution >= 4 is 33.7 Å². The van der Waals surface area contributed by atoms with Crippen molar-refractivity contribution in [2.75, 3.05) is 0 Å². The molecule has 26 heavy (non-hydrogen) atoms. The number of halogens is 2. The second-order valence-electron chi connectivity index (χ2n) is 6.09. The van der Waals surface area contributed by atoms with Crippen LogP contribution in [-0.2, 0) is 12.8 Å². The highest BCUT2D eigenvalue weighted by Crippen LogP contribution is 2.33. The number of benzene rings is 1. The monoisotopic (exact) mass is 374 g/mol. The van der Waals surface area contributed by atoms with Gasteiger partial charge in [-0.25, -0.2) is 4.98 Å². The van der Waals surface area contributed by atoms with Crippen molar-refractivity contribution < 1.29 is 13.5 Å². The van der Waals surface area contributed by atoms with Crippen molar-refractivity contribution in [2.45, 2.75) is 32.3 Å². The van der Waals surface area contributed by atoms with E-state index in [-0.39, 0.29) is 11.3 Å². The van der Waals surface area contributed by atoms with Crippen LogP contribution >= 0.6 is 11.3 Å². The SMILES string of the molecule is O=c1[nH]c(/C=C/c2ccccc2OC(F)F)nc2sc3c(c12)CCCC3. The molecule has 0 spiro atoms. The molecule has 1 aliphatic rings. The topological polar surface area (TPSA) is 55.0 Å². The Labute approximate surface area is 152 Å². The molecule has 0 fully saturated rings. The summed E-state index contributed by atoms with van der Waals surface area (Å²) < 4.78 is 29.5. The highest BCUT2D eigenvalue weighted by molar-refractivity contribution is 7.18. The quantitative estimate of drug-likeness (QED) is 0.724. The lowest BCUT2D eigenvalue weighted by Gasteiger charge is -2.09. The average Bonchev–Trinajstić information content (AvgIpc) is 2.99. The summed E-state index contributed by atoms with van der Waals surface area (Å²) in [5.41, 5.74) is 1.48. The van der Waals surface area contributed by atoms with Crippen molar-refractivity contribution in [1.82, 2.24) is 9.97 Å². The third-order valence-corrected chi connectivity index (χ3v) is 5.58. The van der Waals surface area contributed by atoms with E-state index in [1.165, 1.54) is 10.9 Å². The predicted octanol–water partition coefficient (Wildman–Crippen LogP) is 4.64. The average molecular weight is 374 g/mol. The first-order valence-corrected chi connectivity index (χ1v) is 9.20. The van der Waals surface area contributed by atoms with Gasteiger partial charge in [-0.2, -0.15) is 8.78 Å². The molecule has 0 saturated carbocycles. The molecular weight excluding hydrogens is 358 g/mol. The second kappa shape index (κ2) is 6.99. The minimum Gasteiger partial charge on any atom is -0.434 e. The van der Waals surface area contributed by atoms with Crippen molar-refractivity contribution in [1.29, 1.82) is 0 Å². The number of hydrogen-bond acceptors (Lipinski definition) is 4. The van der Waals surface area contributed by atoms with E-state index in [0.717, 1.165) is 36.1 Å². The Morgan fingerprint density at radius 2 is 2.00 bits per heavy atom. The van der Waals surface area contributed by atoms with Crippen LogP contribution in [0.5, 0.6) is 5.75 Å². The Morgan fingerprint density at radius 3 is 2.85 bits per heavy atom. The van der Waals surface area contributed by atoms with Crippen molar-refractivity contribution in [3.8, 4) is 5.75 Å². The molecule has 4 nitrogen and oxygen atoms in total. The zero-order valence-electron chi connectivity index (χ0n) is 13.8. The Hall–Kier alpha value is -2.54. The zero-order chi connectivity index (χ0) is 18.1. The molecule has 1 aromatic carbocycles. The van der Waals surface area contributed by atoms with Gasteiger partial charge >= 0.3 is 6.61 Å². The standard InChI is InChI=1S/C19H16F2N2O2S/c20-19(21)25-13-7-3-1-5-11(13)9-10-15-22-17(24)16-12-6-2-4-8-14(12)26-18(16)23-15/h1,3,5,7,9-10,19H,2,4,6,8H2,(H,22,23,24)/b10-9+. The Bertz CT molecular complexity index is 1040. The van der Waals surface area contributed by atoms with Crippen molar-refractivity contribution in [3.05, 3.63) is 56.4 Å². The van der Waals surface area contributed by atoms with Gasteiger partial charge < -0.3 is 9.72 Å².